The molecule has 0 radical (unpaired) electrons. The van der Waals surface area contributed by atoms with E-state index in [1.165, 1.54) is 5.56 Å². The van der Waals surface area contributed by atoms with Gasteiger partial charge in [0.25, 0.3) is 5.91 Å². The number of carbonyl (C=O) groups is 1. The summed E-state index contributed by atoms with van der Waals surface area (Å²) in [6.07, 6.45) is 1.58. The molecule has 0 aliphatic rings. The lowest BCUT2D eigenvalue weighted by Gasteiger charge is -2.16. The number of hydrogen-bond acceptors (Lipinski definition) is 4. The van der Waals surface area contributed by atoms with Gasteiger partial charge < -0.3 is 14.1 Å². The molecule has 24 heavy (non-hydrogen) atoms. The zero-order valence-corrected chi connectivity index (χ0v) is 13.7. The molecule has 0 unspecified atom stereocenters. The Labute approximate surface area is 140 Å². The first-order valence-corrected chi connectivity index (χ1v) is 7.68. The fourth-order valence-corrected chi connectivity index (χ4v) is 2.22. The summed E-state index contributed by atoms with van der Waals surface area (Å²) in [5.41, 5.74) is 2.20. The van der Waals surface area contributed by atoms with Crippen molar-refractivity contribution in [2.24, 2.45) is 0 Å². The molecular weight excluding hydrogens is 306 g/mol. The van der Waals surface area contributed by atoms with Gasteiger partial charge in [0, 0.05) is 13.1 Å². The second-order valence-electron chi connectivity index (χ2n) is 5.53. The zero-order valence-electron chi connectivity index (χ0n) is 13.7. The Hall–Kier alpha value is -3.02. The summed E-state index contributed by atoms with van der Waals surface area (Å²) in [5, 5.41) is 6.86. The molecular formula is C18H19N3O3. The minimum Gasteiger partial charge on any atom is -0.492 e. The lowest BCUT2D eigenvalue weighted by Crippen LogP contribution is -2.31. The van der Waals surface area contributed by atoms with Crippen LogP contribution in [0.25, 0.3) is 11.5 Å². The van der Waals surface area contributed by atoms with Crippen molar-refractivity contribution < 1.29 is 13.9 Å². The summed E-state index contributed by atoms with van der Waals surface area (Å²) < 4.78 is 10.9. The van der Waals surface area contributed by atoms with Crippen LogP contribution in [0.1, 0.15) is 16.1 Å². The smallest absolute Gasteiger partial charge is 0.274 e. The number of H-pyrrole nitrogens is 1. The zero-order chi connectivity index (χ0) is 16.9. The highest BCUT2D eigenvalue weighted by molar-refractivity contribution is 5.93. The van der Waals surface area contributed by atoms with Gasteiger partial charge in [-0.3, -0.25) is 9.89 Å². The van der Waals surface area contributed by atoms with E-state index in [1.807, 2.05) is 31.2 Å². The van der Waals surface area contributed by atoms with E-state index in [0.29, 0.717) is 30.3 Å². The molecule has 0 saturated heterocycles. The SMILES string of the molecule is Cc1ccc(OCCN(C)C(=O)c2cc(-c3ccco3)[nH]n2)cc1. The Bertz CT molecular complexity index is 791. The van der Waals surface area contributed by atoms with Gasteiger partial charge in [0.05, 0.1) is 12.8 Å². The number of amides is 1. The van der Waals surface area contributed by atoms with Crippen molar-refractivity contribution in [1.82, 2.24) is 15.1 Å². The third-order valence-electron chi connectivity index (χ3n) is 3.65. The number of aryl methyl sites for hydroxylation is 1. The van der Waals surface area contributed by atoms with Crippen molar-refractivity contribution in [2.45, 2.75) is 6.92 Å². The van der Waals surface area contributed by atoms with Gasteiger partial charge >= 0.3 is 0 Å². The lowest BCUT2D eigenvalue weighted by atomic mass is 10.2. The van der Waals surface area contributed by atoms with E-state index in [2.05, 4.69) is 10.2 Å². The molecule has 3 aromatic rings. The molecule has 1 aromatic carbocycles. The van der Waals surface area contributed by atoms with Crippen molar-refractivity contribution in [3.63, 3.8) is 0 Å². The van der Waals surface area contributed by atoms with Gasteiger partial charge in [0.15, 0.2) is 11.5 Å². The second-order valence-corrected chi connectivity index (χ2v) is 5.53. The topological polar surface area (TPSA) is 71.4 Å². The third kappa shape index (κ3) is 3.65. The van der Waals surface area contributed by atoms with Crippen LogP contribution in [-0.2, 0) is 0 Å². The monoisotopic (exact) mass is 325 g/mol. The summed E-state index contributed by atoms with van der Waals surface area (Å²) in [7, 11) is 1.72. The highest BCUT2D eigenvalue weighted by Crippen LogP contribution is 2.18. The highest BCUT2D eigenvalue weighted by Gasteiger charge is 2.16. The predicted molar refractivity (Wildman–Crippen MR) is 89.9 cm³/mol. The molecule has 2 aromatic heterocycles. The number of nitrogens with one attached hydrogen (secondary N) is 1. The van der Waals surface area contributed by atoms with Gasteiger partial charge in [0.1, 0.15) is 18.1 Å². The molecule has 0 aliphatic heterocycles. The van der Waals surface area contributed by atoms with Crippen molar-refractivity contribution >= 4 is 5.91 Å². The van der Waals surface area contributed by atoms with Crippen LogP contribution in [-0.4, -0.2) is 41.2 Å². The Balaban J connectivity index is 1.54. The first-order chi connectivity index (χ1) is 11.6. The quantitative estimate of drug-likeness (QED) is 0.756. The lowest BCUT2D eigenvalue weighted by molar-refractivity contribution is 0.0768. The molecule has 0 bridgehead atoms. The third-order valence-corrected chi connectivity index (χ3v) is 3.65. The summed E-state index contributed by atoms with van der Waals surface area (Å²) in [4.78, 5) is 14.0. The number of nitrogens with zero attached hydrogens (tertiary/aromatic N) is 2. The maximum Gasteiger partial charge on any atom is 0.274 e. The molecule has 2 heterocycles. The van der Waals surface area contributed by atoms with Crippen LogP contribution in [0.2, 0.25) is 0 Å². The van der Waals surface area contributed by atoms with E-state index in [9.17, 15) is 4.79 Å². The Morgan fingerprint density at radius 3 is 2.79 bits per heavy atom. The Morgan fingerprint density at radius 1 is 1.29 bits per heavy atom. The summed E-state index contributed by atoms with van der Waals surface area (Å²) in [6.45, 7) is 2.91. The van der Waals surface area contributed by atoms with E-state index in [4.69, 9.17) is 9.15 Å². The maximum atomic E-state index is 12.4. The van der Waals surface area contributed by atoms with E-state index >= 15 is 0 Å². The molecule has 1 N–H and O–H groups in total. The number of furan rings is 1. The van der Waals surface area contributed by atoms with Crippen molar-refractivity contribution in [3.8, 4) is 17.2 Å². The van der Waals surface area contributed by atoms with E-state index < -0.39 is 0 Å². The number of hydrogen-bond donors (Lipinski definition) is 1. The summed E-state index contributed by atoms with van der Waals surface area (Å²) >= 11 is 0. The largest absolute Gasteiger partial charge is 0.492 e. The predicted octanol–water partition coefficient (Wildman–Crippen LogP) is 3.13. The van der Waals surface area contributed by atoms with Crippen molar-refractivity contribution in [3.05, 3.63) is 60.0 Å². The molecule has 1 amide bonds. The minimum absolute atomic E-state index is 0.170. The maximum absolute atomic E-state index is 12.4. The standard InChI is InChI=1S/C18H19N3O3/c1-13-5-7-14(8-6-13)23-11-9-21(2)18(22)16-12-15(19-20-16)17-4-3-10-24-17/h3-8,10,12H,9,11H2,1-2H3,(H,19,20). The van der Waals surface area contributed by atoms with Crippen LogP contribution < -0.4 is 4.74 Å². The van der Waals surface area contributed by atoms with Gasteiger partial charge in [-0.15, -0.1) is 0 Å². The molecule has 6 nitrogen and oxygen atoms in total. The van der Waals surface area contributed by atoms with E-state index in [1.54, 1.807) is 36.4 Å². The molecule has 0 fully saturated rings. The first-order valence-electron chi connectivity index (χ1n) is 7.68. The van der Waals surface area contributed by atoms with Gasteiger partial charge in [-0.05, 0) is 31.2 Å². The molecule has 6 heteroatoms. The second kappa shape index (κ2) is 7.04. The number of carbonyl (C=O) groups excluding carboxylic acids is 1. The number of ether oxygens (including phenoxy) is 1. The number of aromatic nitrogens is 2. The van der Waals surface area contributed by atoms with Gasteiger partial charge in [0.2, 0.25) is 0 Å². The van der Waals surface area contributed by atoms with Crippen LogP contribution >= 0.6 is 0 Å². The van der Waals surface area contributed by atoms with Crippen molar-refractivity contribution in [2.75, 3.05) is 20.2 Å². The molecule has 3 rings (SSSR count). The van der Waals surface area contributed by atoms with Crippen molar-refractivity contribution in [1.29, 1.82) is 0 Å². The fourth-order valence-electron chi connectivity index (χ4n) is 2.22. The summed E-state index contributed by atoms with van der Waals surface area (Å²) in [6, 6.07) is 13.1. The van der Waals surface area contributed by atoms with Crippen LogP contribution in [0.5, 0.6) is 5.75 Å². The number of rotatable bonds is 6. The van der Waals surface area contributed by atoms with Crippen LogP contribution in [0, 0.1) is 6.92 Å². The fraction of sp³-hybridized carbons (Fsp3) is 0.222. The highest BCUT2D eigenvalue weighted by atomic mass is 16.5. The van der Waals surface area contributed by atoms with Crippen LogP contribution in [0.4, 0.5) is 0 Å². The van der Waals surface area contributed by atoms with E-state index in [-0.39, 0.29) is 5.91 Å². The van der Waals surface area contributed by atoms with Crippen LogP contribution in [0.15, 0.2) is 53.1 Å². The minimum atomic E-state index is -0.170. The molecule has 0 atom stereocenters. The van der Waals surface area contributed by atoms with Gasteiger partial charge in [-0.1, -0.05) is 17.7 Å². The number of likely N-dealkylation sites (N-methyl/N-ethyl adjacent to an activating group) is 1. The van der Waals surface area contributed by atoms with E-state index in [0.717, 1.165) is 5.75 Å². The first kappa shape index (κ1) is 15.9. The average molecular weight is 325 g/mol. The molecule has 124 valence electrons. The molecule has 0 spiro atoms. The number of benzene rings is 1. The Morgan fingerprint density at radius 2 is 2.08 bits per heavy atom. The van der Waals surface area contributed by atoms with Crippen LogP contribution in [0.3, 0.4) is 0 Å². The van der Waals surface area contributed by atoms with Gasteiger partial charge in [-0.2, -0.15) is 5.10 Å². The normalized spacial score (nSPS) is 10.6. The molecule has 0 aliphatic carbocycles. The molecule has 0 saturated carbocycles. The van der Waals surface area contributed by atoms with Gasteiger partial charge in [-0.25, -0.2) is 0 Å². The summed E-state index contributed by atoms with van der Waals surface area (Å²) in [5.74, 6) is 1.27. The average Bonchev–Trinajstić information content (AvgIpc) is 3.27. The Kier molecular flexibility index (Phi) is 4.65. The number of aromatic amines is 1.